The van der Waals surface area contributed by atoms with Gasteiger partial charge in [0.15, 0.2) is 0 Å². The van der Waals surface area contributed by atoms with E-state index in [9.17, 15) is 14.7 Å². The smallest absolute Gasteiger partial charge is 0.319 e. The van der Waals surface area contributed by atoms with E-state index in [0.717, 1.165) is 12.8 Å². The first-order valence-corrected chi connectivity index (χ1v) is 9.31. The number of nitrogens with one attached hydrogen (secondary N) is 3. The second kappa shape index (κ2) is 7.79. The summed E-state index contributed by atoms with van der Waals surface area (Å²) in [6.45, 7) is 0.163. The van der Waals surface area contributed by atoms with Crippen molar-refractivity contribution in [3.8, 4) is 0 Å². The maximum atomic E-state index is 11.9. The molecule has 3 heterocycles. The summed E-state index contributed by atoms with van der Waals surface area (Å²) in [6.07, 6.45) is 3.77. The Labute approximate surface area is 156 Å². The van der Waals surface area contributed by atoms with E-state index in [0.29, 0.717) is 18.2 Å². The van der Waals surface area contributed by atoms with Gasteiger partial charge in [-0.2, -0.15) is 0 Å². The molecule has 9 heteroatoms. The average Bonchev–Trinajstić information content (AvgIpc) is 3.29. The van der Waals surface area contributed by atoms with Crippen LogP contribution in [-0.2, 0) is 14.3 Å². The Morgan fingerprint density at radius 2 is 2.15 bits per heavy atom. The molecule has 1 aliphatic carbocycles. The first-order valence-electron chi connectivity index (χ1n) is 9.31. The lowest BCUT2D eigenvalue weighted by Crippen LogP contribution is -2.42. The third kappa shape index (κ3) is 4.55. The van der Waals surface area contributed by atoms with Crippen LogP contribution >= 0.6 is 0 Å². The highest BCUT2D eigenvalue weighted by Gasteiger charge is 2.50. The summed E-state index contributed by atoms with van der Waals surface area (Å²) < 4.78 is 11.7. The predicted molar refractivity (Wildman–Crippen MR) is 95.0 cm³/mol. The van der Waals surface area contributed by atoms with E-state index >= 15 is 0 Å². The van der Waals surface area contributed by atoms with Gasteiger partial charge in [-0.3, -0.25) is 9.78 Å². The van der Waals surface area contributed by atoms with Crippen molar-refractivity contribution in [3.63, 3.8) is 0 Å². The van der Waals surface area contributed by atoms with Crippen molar-refractivity contribution in [2.24, 2.45) is 0 Å². The second-order valence-electron chi connectivity index (χ2n) is 7.28. The van der Waals surface area contributed by atoms with Gasteiger partial charge in [-0.25, -0.2) is 4.79 Å². The van der Waals surface area contributed by atoms with Crippen molar-refractivity contribution in [2.45, 2.75) is 62.2 Å². The number of fused-ring (bicyclic) bond motifs is 1. The van der Waals surface area contributed by atoms with Crippen molar-refractivity contribution >= 4 is 17.6 Å². The number of aliphatic hydroxyl groups is 1. The third-order valence-corrected chi connectivity index (χ3v) is 5.02. The Morgan fingerprint density at radius 3 is 2.85 bits per heavy atom. The van der Waals surface area contributed by atoms with Gasteiger partial charge >= 0.3 is 6.03 Å². The van der Waals surface area contributed by atoms with Gasteiger partial charge in [0.2, 0.25) is 5.91 Å². The molecule has 0 spiro atoms. The van der Waals surface area contributed by atoms with Gasteiger partial charge in [0.05, 0.1) is 30.5 Å². The molecule has 1 saturated carbocycles. The van der Waals surface area contributed by atoms with Crippen LogP contribution in [0.25, 0.3) is 0 Å². The predicted octanol–water partition coefficient (Wildman–Crippen LogP) is 0.158. The molecule has 27 heavy (non-hydrogen) atoms. The van der Waals surface area contributed by atoms with E-state index in [1.165, 1.54) is 6.20 Å². The first kappa shape index (κ1) is 18.1. The minimum Gasteiger partial charge on any atom is -0.388 e. The molecule has 3 amide bonds. The summed E-state index contributed by atoms with van der Waals surface area (Å²) in [5, 5.41) is 18.7. The molecule has 4 rings (SSSR count). The van der Waals surface area contributed by atoms with Crippen molar-refractivity contribution in [2.75, 3.05) is 11.9 Å². The van der Waals surface area contributed by atoms with Crippen molar-refractivity contribution in [1.82, 2.24) is 15.6 Å². The van der Waals surface area contributed by atoms with Gasteiger partial charge in [0.25, 0.3) is 0 Å². The quantitative estimate of drug-likeness (QED) is 0.561. The molecule has 0 bridgehead atoms. The highest BCUT2D eigenvalue weighted by molar-refractivity contribution is 5.88. The first-order chi connectivity index (χ1) is 13.1. The number of rotatable bonds is 6. The molecule has 3 fully saturated rings. The number of carbonyl (C=O) groups excluding carboxylic acids is 2. The number of ether oxygens (including phenoxy) is 2. The van der Waals surface area contributed by atoms with E-state index in [4.69, 9.17) is 9.47 Å². The molecule has 1 aromatic rings. The maximum absolute atomic E-state index is 11.9. The average molecular weight is 376 g/mol. The molecule has 5 atom stereocenters. The Hall–Kier alpha value is -2.23. The summed E-state index contributed by atoms with van der Waals surface area (Å²) >= 11 is 0. The molecular formula is C18H24N4O5. The van der Waals surface area contributed by atoms with Crippen molar-refractivity contribution in [1.29, 1.82) is 0 Å². The number of aromatic nitrogens is 1. The fourth-order valence-corrected chi connectivity index (χ4v) is 3.54. The molecule has 1 aromatic heterocycles. The minimum absolute atomic E-state index is 0.0118. The zero-order valence-corrected chi connectivity index (χ0v) is 14.8. The largest absolute Gasteiger partial charge is 0.388 e. The summed E-state index contributed by atoms with van der Waals surface area (Å²) in [5.74, 6) is -0.0118. The van der Waals surface area contributed by atoms with Gasteiger partial charge in [-0.05, 0) is 25.0 Å². The van der Waals surface area contributed by atoms with Crippen molar-refractivity contribution < 1.29 is 24.2 Å². The number of urea groups is 1. The Kier molecular flexibility index (Phi) is 5.24. The minimum atomic E-state index is -0.842. The van der Waals surface area contributed by atoms with E-state index in [1.807, 2.05) is 0 Å². The van der Waals surface area contributed by atoms with E-state index in [1.54, 1.807) is 18.3 Å². The molecule has 0 radical (unpaired) electrons. The SMILES string of the molecule is O=C(C[C@@H]1C[C@H]2O[C@H](CNC(=O)Nc3cccnc3)[C@@H](O)[C@H]2O1)NC1CC1. The van der Waals surface area contributed by atoms with Gasteiger partial charge in [-0.15, -0.1) is 0 Å². The number of anilines is 1. The Morgan fingerprint density at radius 1 is 1.30 bits per heavy atom. The summed E-state index contributed by atoms with van der Waals surface area (Å²) in [6, 6.07) is 3.38. The second-order valence-corrected chi connectivity index (χ2v) is 7.28. The van der Waals surface area contributed by atoms with Gasteiger partial charge in [-0.1, -0.05) is 0 Å². The standard InChI is InChI=1S/C18H24N4O5/c23-15(21-10-3-4-10)7-12-6-13-17(26-12)16(24)14(27-13)9-20-18(25)22-11-2-1-5-19-8-11/h1-2,5,8,10,12-14,16-17,24H,3-4,6-7,9H2,(H,21,23)(H2,20,22,25)/t12-,13+,14+,16+,17-/m0/s1. The number of hydrogen-bond acceptors (Lipinski definition) is 6. The van der Waals surface area contributed by atoms with Crippen LogP contribution in [0.15, 0.2) is 24.5 Å². The lowest BCUT2D eigenvalue weighted by molar-refractivity contribution is -0.124. The fraction of sp³-hybridized carbons (Fsp3) is 0.611. The molecule has 0 unspecified atom stereocenters. The third-order valence-electron chi connectivity index (χ3n) is 5.02. The molecule has 3 aliphatic rings. The highest BCUT2D eigenvalue weighted by atomic mass is 16.6. The summed E-state index contributed by atoms with van der Waals surface area (Å²) in [7, 11) is 0. The molecule has 2 aliphatic heterocycles. The topological polar surface area (TPSA) is 122 Å². The van der Waals surface area contributed by atoms with Crippen LogP contribution in [0.5, 0.6) is 0 Å². The number of amides is 3. The highest BCUT2D eigenvalue weighted by Crippen LogP contribution is 2.35. The zero-order chi connectivity index (χ0) is 18.8. The van der Waals surface area contributed by atoms with Gasteiger partial charge < -0.3 is 30.5 Å². The Balaban J connectivity index is 1.20. The normalized spacial score (nSPS) is 32.0. The molecular weight excluding hydrogens is 352 g/mol. The van der Waals surface area contributed by atoms with Crippen LogP contribution in [0.3, 0.4) is 0 Å². The molecule has 146 valence electrons. The summed E-state index contributed by atoms with van der Waals surface area (Å²) in [5.41, 5.74) is 0.579. The van der Waals surface area contributed by atoms with Crippen LogP contribution < -0.4 is 16.0 Å². The van der Waals surface area contributed by atoms with Crippen LogP contribution in [-0.4, -0.2) is 65.1 Å². The van der Waals surface area contributed by atoms with Crippen LogP contribution in [0, 0.1) is 0 Å². The number of pyridine rings is 1. The van der Waals surface area contributed by atoms with Crippen LogP contribution in [0.4, 0.5) is 10.5 Å². The monoisotopic (exact) mass is 376 g/mol. The van der Waals surface area contributed by atoms with E-state index in [-0.39, 0.29) is 31.1 Å². The number of hydrogen-bond donors (Lipinski definition) is 4. The molecule has 4 N–H and O–H groups in total. The Bertz CT molecular complexity index is 684. The van der Waals surface area contributed by atoms with Crippen molar-refractivity contribution in [3.05, 3.63) is 24.5 Å². The lowest BCUT2D eigenvalue weighted by Gasteiger charge is -2.20. The van der Waals surface area contributed by atoms with Gasteiger partial charge in [0.1, 0.15) is 18.3 Å². The van der Waals surface area contributed by atoms with Crippen LogP contribution in [0.1, 0.15) is 25.7 Å². The number of aliphatic hydroxyl groups excluding tert-OH is 1. The van der Waals surface area contributed by atoms with E-state index in [2.05, 4.69) is 20.9 Å². The number of carbonyl (C=O) groups is 2. The zero-order valence-electron chi connectivity index (χ0n) is 14.8. The number of nitrogens with zero attached hydrogens (tertiary/aromatic N) is 1. The van der Waals surface area contributed by atoms with Crippen LogP contribution in [0.2, 0.25) is 0 Å². The van der Waals surface area contributed by atoms with Gasteiger partial charge in [0, 0.05) is 25.2 Å². The maximum Gasteiger partial charge on any atom is 0.319 e. The lowest BCUT2D eigenvalue weighted by atomic mass is 10.1. The molecule has 9 nitrogen and oxygen atoms in total. The molecule has 2 saturated heterocycles. The van der Waals surface area contributed by atoms with E-state index < -0.39 is 24.3 Å². The fourth-order valence-electron chi connectivity index (χ4n) is 3.54. The summed E-state index contributed by atoms with van der Waals surface area (Å²) in [4.78, 5) is 27.7. The molecule has 0 aromatic carbocycles.